The highest BCUT2D eigenvalue weighted by Crippen LogP contribution is 2.25. The van der Waals surface area contributed by atoms with Crippen LogP contribution in [0.4, 0.5) is 10.1 Å². The van der Waals surface area contributed by atoms with Gasteiger partial charge in [-0.1, -0.05) is 23.7 Å². The molecule has 33 heavy (non-hydrogen) atoms. The van der Waals surface area contributed by atoms with Gasteiger partial charge in [-0.05, 0) is 54.6 Å². The van der Waals surface area contributed by atoms with Crippen molar-refractivity contribution in [2.24, 2.45) is 7.05 Å². The molecule has 5 rings (SSSR count). The first-order valence-corrected chi connectivity index (χ1v) is 11.2. The van der Waals surface area contributed by atoms with E-state index in [1.54, 1.807) is 33.8 Å². The number of halogens is 2. The highest BCUT2D eigenvalue weighted by atomic mass is 35.5. The molecule has 1 aliphatic rings. The first-order valence-electron chi connectivity index (χ1n) is 10.8. The van der Waals surface area contributed by atoms with Crippen LogP contribution in [-0.4, -0.2) is 51.3 Å². The van der Waals surface area contributed by atoms with E-state index in [2.05, 4.69) is 0 Å². The third-order valence-electron chi connectivity index (χ3n) is 5.97. The number of nitrogens with zero attached hydrogens (tertiary/aromatic N) is 5. The van der Waals surface area contributed by atoms with Crippen LogP contribution in [-0.2, 0) is 7.05 Å². The Balaban J connectivity index is 1.44. The van der Waals surface area contributed by atoms with Gasteiger partial charge in [0.25, 0.3) is 5.91 Å². The third kappa shape index (κ3) is 4.12. The zero-order chi connectivity index (χ0) is 22.9. The molecule has 0 unspecified atom stereocenters. The lowest BCUT2D eigenvalue weighted by Gasteiger charge is -2.36. The Morgan fingerprint density at radius 3 is 2.36 bits per heavy atom. The van der Waals surface area contributed by atoms with Crippen LogP contribution in [0.1, 0.15) is 10.5 Å². The molecule has 0 radical (unpaired) electrons. The first kappa shape index (κ1) is 21.3. The lowest BCUT2D eigenvalue weighted by molar-refractivity contribution is 0.0737. The van der Waals surface area contributed by atoms with Gasteiger partial charge >= 0.3 is 0 Å². The Hall–Kier alpha value is -3.58. The van der Waals surface area contributed by atoms with E-state index >= 15 is 0 Å². The van der Waals surface area contributed by atoms with Gasteiger partial charge in [-0.25, -0.2) is 9.07 Å². The summed E-state index contributed by atoms with van der Waals surface area (Å²) in [6, 6.07) is 19.7. The number of para-hydroxylation sites is 1. The molecule has 6 nitrogen and oxygen atoms in total. The minimum absolute atomic E-state index is 0.105. The fourth-order valence-electron chi connectivity index (χ4n) is 4.19. The summed E-state index contributed by atoms with van der Waals surface area (Å²) >= 11 is 6.07. The number of carbonyl (C=O) groups excluding carboxylic acids is 1. The molecule has 0 spiro atoms. The normalized spacial score (nSPS) is 14.0. The molecule has 3 heterocycles. The van der Waals surface area contributed by atoms with E-state index in [0.29, 0.717) is 48.3 Å². The molecule has 1 aliphatic heterocycles. The molecule has 0 aliphatic carbocycles. The van der Waals surface area contributed by atoms with E-state index in [1.807, 2.05) is 59.1 Å². The lowest BCUT2D eigenvalue weighted by Crippen LogP contribution is -2.49. The zero-order valence-electron chi connectivity index (χ0n) is 18.2. The minimum Gasteiger partial charge on any atom is -0.366 e. The van der Waals surface area contributed by atoms with Gasteiger partial charge < -0.3 is 14.4 Å². The van der Waals surface area contributed by atoms with Crippen LogP contribution in [0.2, 0.25) is 5.02 Å². The minimum atomic E-state index is -0.245. The van der Waals surface area contributed by atoms with Gasteiger partial charge in [0.2, 0.25) is 0 Å². The van der Waals surface area contributed by atoms with Crippen molar-refractivity contribution < 1.29 is 9.18 Å². The highest BCUT2D eigenvalue weighted by Gasteiger charge is 2.27. The van der Waals surface area contributed by atoms with Crippen molar-refractivity contribution in [3.63, 3.8) is 0 Å². The van der Waals surface area contributed by atoms with Crippen LogP contribution in [0.5, 0.6) is 0 Å². The van der Waals surface area contributed by atoms with Crippen LogP contribution in [0.3, 0.4) is 0 Å². The second-order valence-corrected chi connectivity index (χ2v) is 8.47. The van der Waals surface area contributed by atoms with Gasteiger partial charge in [-0.3, -0.25) is 4.79 Å². The van der Waals surface area contributed by atoms with Crippen LogP contribution < -0.4 is 4.90 Å². The summed E-state index contributed by atoms with van der Waals surface area (Å²) in [7, 11) is 1.94. The molecule has 0 saturated carbocycles. The fourth-order valence-corrected chi connectivity index (χ4v) is 4.31. The maximum atomic E-state index is 14.2. The summed E-state index contributed by atoms with van der Waals surface area (Å²) in [5, 5.41) is 5.37. The predicted molar refractivity (Wildman–Crippen MR) is 127 cm³/mol. The van der Waals surface area contributed by atoms with E-state index < -0.39 is 0 Å². The van der Waals surface area contributed by atoms with E-state index in [-0.39, 0.29) is 11.7 Å². The van der Waals surface area contributed by atoms with Crippen molar-refractivity contribution in [1.82, 2.24) is 19.2 Å². The van der Waals surface area contributed by atoms with Gasteiger partial charge in [0, 0.05) is 44.4 Å². The van der Waals surface area contributed by atoms with Gasteiger partial charge in [-0.2, -0.15) is 5.10 Å². The van der Waals surface area contributed by atoms with Gasteiger partial charge in [0.15, 0.2) is 0 Å². The molecule has 168 valence electrons. The summed E-state index contributed by atoms with van der Waals surface area (Å²) in [6.07, 6.45) is 1.94. The van der Waals surface area contributed by atoms with Gasteiger partial charge in [-0.15, -0.1) is 0 Å². The Bertz CT molecular complexity index is 1290. The van der Waals surface area contributed by atoms with Crippen molar-refractivity contribution in [1.29, 1.82) is 0 Å². The summed E-state index contributed by atoms with van der Waals surface area (Å²) in [6.45, 7) is 2.12. The lowest BCUT2D eigenvalue weighted by atomic mass is 10.2. The quantitative estimate of drug-likeness (QED) is 0.443. The number of amides is 1. The fraction of sp³-hybridized carbons (Fsp3) is 0.200. The summed E-state index contributed by atoms with van der Waals surface area (Å²) in [5.41, 5.74) is 3.44. The number of aromatic nitrogens is 3. The summed E-state index contributed by atoms with van der Waals surface area (Å²) in [5.74, 6) is -0.351. The topological polar surface area (TPSA) is 46.3 Å². The van der Waals surface area contributed by atoms with E-state index in [1.165, 1.54) is 6.07 Å². The smallest absolute Gasteiger partial charge is 0.272 e. The Kier molecular flexibility index (Phi) is 5.64. The van der Waals surface area contributed by atoms with Crippen LogP contribution in [0, 0.1) is 5.82 Å². The number of aryl methyl sites for hydroxylation is 1. The highest BCUT2D eigenvalue weighted by molar-refractivity contribution is 6.30. The first-order chi connectivity index (χ1) is 16.0. The molecular formula is C25H23ClFN5O. The standard InChI is InChI=1S/C25H23ClFN5O/c1-29-12-4-7-23(29)21-17-24(32(28-21)19-10-8-18(26)9-11-19)25(33)31-15-13-30(14-16-31)22-6-3-2-5-20(22)27/h2-12,17H,13-16H2,1H3. The molecule has 1 fully saturated rings. The Morgan fingerprint density at radius 2 is 1.70 bits per heavy atom. The molecule has 2 aromatic carbocycles. The van der Waals surface area contributed by atoms with Crippen molar-refractivity contribution >= 4 is 23.2 Å². The monoisotopic (exact) mass is 463 g/mol. The number of benzene rings is 2. The van der Waals surface area contributed by atoms with Gasteiger partial charge in [0.05, 0.1) is 17.1 Å². The number of hydrogen-bond donors (Lipinski definition) is 0. The Labute approximate surface area is 196 Å². The molecule has 1 saturated heterocycles. The number of anilines is 1. The van der Waals surface area contributed by atoms with E-state index in [0.717, 1.165) is 11.4 Å². The third-order valence-corrected chi connectivity index (χ3v) is 6.22. The number of carbonyl (C=O) groups is 1. The largest absolute Gasteiger partial charge is 0.366 e. The molecule has 2 aromatic heterocycles. The summed E-state index contributed by atoms with van der Waals surface area (Å²) in [4.78, 5) is 17.4. The van der Waals surface area contributed by atoms with E-state index in [4.69, 9.17) is 16.7 Å². The maximum absolute atomic E-state index is 14.2. The molecule has 4 aromatic rings. The molecule has 0 atom stereocenters. The number of hydrogen-bond acceptors (Lipinski definition) is 3. The molecule has 1 amide bonds. The van der Waals surface area contributed by atoms with Crippen molar-refractivity contribution in [2.45, 2.75) is 0 Å². The zero-order valence-corrected chi connectivity index (χ0v) is 18.9. The van der Waals surface area contributed by atoms with Crippen LogP contribution in [0.25, 0.3) is 17.1 Å². The molecule has 8 heteroatoms. The SMILES string of the molecule is Cn1cccc1-c1cc(C(=O)N2CCN(c3ccccc3F)CC2)n(-c2ccc(Cl)cc2)n1. The Morgan fingerprint density at radius 1 is 0.970 bits per heavy atom. The van der Waals surface area contributed by atoms with Crippen molar-refractivity contribution in [3.8, 4) is 17.1 Å². The maximum Gasteiger partial charge on any atom is 0.272 e. The second kappa shape index (κ2) is 8.75. The van der Waals surface area contributed by atoms with Crippen LogP contribution in [0.15, 0.2) is 72.9 Å². The van der Waals surface area contributed by atoms with E-state index in [9.17, 15) is 9.18 Å². The molecule has 0 N–H and O–H groups in total. The van der Waals surface area contributed by atoms with Gasteiger partial charge in [0.1, 0.15) is 17.2 Å². The van der Waals surface area contributed by atoms with Crippen molar-refractivity contribution in [3.05, 3.63) is 89.5 Å². The average molecular weight is 464 g/mol. The molecule has 0 bridgehead atoms. The molecular weight excluding hydrogens is 441 g/mol. The number of rotatable bonds is 4. The summed E-state index contributed by atoms with van der Waals surface area (Å²) < 4.78 is 17.8. The number of piperazine rings is 1. The van der Waals surface area contributed by atoms with Crippen molar-refractivity contribution in [2.75, 3.05) is 31.1 Å². The predicted octanol–water partition coefficient (Wildman–Crippen LogP) is 4.63. The second-order valence-electron chi connectivity index (χ2n) is 8.04. The average Bonchev–Trinajstić information content (AvgIpc) is 3.46. The van der Waals surface area contributed by atoms with Crippen LogP contribution >= 0.6 is 11.6 Å².